The number of hydrogen-bond donors (Lipinski definition) is 0. The minimum atomic E-state index is -0.386. The van der Waals surface area contributed by atoms with Gasteiger partial charge in [0.05, 0.1) is 6.04 Å². The van der Waals surface area contributed by atoms with Gasteiger partial charge in [-0.25, -0.2) is 4.39 Å². The number of amides is 2. The Labute approximate surface area is 221 Å². The van der Waals surface area contributed by atoms with Gasteiger partial charge in [-0.15, -0.1) is 11.3 Å². The first-order valence-electron chi connectivity index (χ1n) is 13.0. The number of halogens is 1. The lowest BCUT2D eigenvalue weighted by Gasteiger charge is -2.37. The zero-order valence-electron chi connectivity index (χ0n) is 21.4. The second-order valence-corrected chi connectivity index (χ2v) is 11.3. The van der Waals surface area contributed by atoms with E-state index in [1.54, 1.807) is 16.2 Å². The molecule has 1 fully saturated rings. The lowest BCUT2D eigenvalue weighted by atomic mass is 10.00. The van der Waals surface area contributed by atoms with Crippen LogP contribution in [0.25, 0.3) is 0 Å². The molecule has 1 aromatic heterocycles. The van der Waals surface area contributed by atoms with Gasteiger partial charge in [0, 0.05) is 23.5 Å². The molecule has 194 valence electrons. The van der Waals surface area contributed by atoms with Crippen LogP contribution in [0.3, 0.4) is 0 Å². The van der Waals surface area contributed by atoms with Crippen molar-refractivity contribution >= 4 is 23.2 Å². The summed E-state index contributed by atoms with van der Waals surface area (Å²) in [6.07, 6.45) is 2.93. The van der Waals surface area contributed by atoms with Crippen molar-refractivity contribution in [1.29, 1.82) is 0 Å². The fourth-order valence-corrected chi connectivity index (χ4v) is 5.79. The van der Waals surface area contributed by atoms with Crippen molar-refractivity contribution < 1.29 is 18.7 Å². The zero-order chi connectivity index (χ0) is 25.9. The summed E-state index contributed by atoms with van der Waals surface area (Å²) in [7, 11) is 0. The fourth-order valence-electron chi connectivity index (χ4n) is 4.86. The highest BCUT2D eigenvalue weighted by atomic mass is 32.1. The molecule has 0 saturated heterocycles. The summed E-state index contributed by atoms with van der Waals surface area (Å²) >= 11 is 1.71. The van der Waals surface area contributed by atoms with Crippen molar-refractivity contribution in [1.82, 2.24) is 9.80 Å². The molecule has 3 aromatic rings. The molecule has 1 unspecified atom stereocenters. The zero-order valence-corrected chi connectivity index (χ0v) is 22.2. The third-order valence-electron chi connectivity index (χ3n) is 7.25. The number of benzene rings is 2. The highest BCUT2D eigenvalue weighted by Gasteiger charge is 2.35. The Morgan fingerprint density at radius 2 is 1.81 bits per heavy atom. The lowest BCUT2D eigenvalue weighted by molar-refractivity contribution is -0.135. The third kappa shape index (κ3) is 6.04. The number of carbonyl (C=O) groups excluding carboxylic acids is 2. The third-order valence-corrected chi connectivity index (χ3v) is 8.25. The lowest BCUT2D eigenvalue weighted by Crippen LogP contribution is -2.48. The van der Waals surface area contributed by atoms with Gasteiger partial charge < -0.3 is 14.5 Å². The Bertz CT molecular complexity index is 1230. The SMILES string of the molecule is CC(C)c1ccc(OCC2c3ccsc3CCN2C(=O)CN(CC2CC2)C(=O)c2ccc(F)cc2)cc1. The van der Waals surface area contributed by atoms with Crippen LogP contribution < -0.4 is 4.74 Å². The number of hydrogen-bond acceptors (Lipinski definition) is 4. The summed E-state index contributed by atoms with van der Waals surface area (Å²) in [5.41, 5.74) is 2.78. The Hall–Kier alpha value is -3.19. The fraction of sp³-hybridized carbons (Fsp3) is 0.400. The van der Waals surface area contributed by atoms with Crippen molar-refractivity contribution in [2.24, 2.45) is 5.92 Å². The molecular weight excluding hydrogens is 487 g/mol. The van der Waals surface area contributed by atoms with Crippen molar-refractivity contribution in [2.75, 3.05) is 26.2 Å². The Balaban J connectivity index is 1.32. The largest absolute Gasteiger partial charge is 0.491 e. The molecule has 2 aliphatic rings. The van der Waals surface area contributed by atoms with Gasteiger partial charge in [0.15, 0.2) is 0 Å². The van der Waals surface area contributed by atoms with E-state index >= 15 is 0 Å². The highest BCUT2D eigenvalue weighted by molar-refractivity contribution is 7.10. The van der Waals surface area contributed by atoms with E-state index in [0.29, 0.717) is 37.1 Å². The number of rotatable bonds is 9. The molecule has 0 spiro atoms. The van der Waals surface area contributed by atoms with Crippen molar-refractivity contribution in [3.05, 3.63) is 87.4 Å². The van der Waals surface area contributed by atoms with Crippen LogP contribution in [0.5, 0.6) is 5.75 Å². The smallest absolute Gasteiger partial charge is 0.254 e. The van der Waals surface area contributed by atoms with E-state index in [9.17, 15) is 14.0 Å². The summed E-state index contributed by atoms with van der Waals surface area (Å²) in [5.74, 6) is 0.951. The van der Waals surface area contributed by atoms with E-state index in [2.05, 4.69) is 37.4 Å². The second-order valence-electron chi connectivity index (χ2n) is 10.3. The highest BCUT2D eigenvalue weighted by Crippen LogP contribution is 2.35. The average molecular weight is 521 g/mol. The van der Waals surface area contributed by atoms with Gasteiger partial charge >= 0.3 is 0 Å². The predicted molar refractivity (Wildman–Crippen MR) is 144 cm³/mol. The van der Waals surface area contributed by atoms with Gasteiger partial charge in [0.25, 0.3) is 5.91 Å². The van der Waals surface area contributed by atoms with Crippen molar-refractivity contribution in [2.45, 2.75) is 45.1 Å². The number of carbonyl (C=O) groups is 2. The molecule has 37 heavy (non-hydrogen) atoms. The van der Waals surface area contributed by atoms with Gasteiger partial charge in [-0.2, -0.15) is 0 Å². The maximum atomic E-state index is 13.7. The molecule has 0 N–H and O–H groups in total. The summed E-state index contributed by atoms with van der Waals surface area (Å²) in [6, 6.07) is 15.5. The minimum Gasteiger partial charge on any atom is -0.491 e. The summed E-state index contributed by atoms with van der Waals surface area (Å²) in [6.45, 7) is 5.81. The van der Waals surface area contributed by atoms with Gasteiger partial charge in [-0.05, 0) is 90.1 Å². The van der Waals surface area contributed by atoms with Crippen molar-refractivity contribution in [3.8, 4) is 5.75 Å². The van der Waals surface area contributed by atoms with E-state index < -0.39 is 0 Å². The second kappa shape index (κ2) is 11.1. The van der Waals surface area contributed by atoms with Crippen LogP contribution in [0.4, 0.5) is 4.39 Å². The number of thiophene rings is 1. The first-order chi connectivity index (χ1) is 17.9. The molecule has 2 amide bonds. The molecule has 1 aliphatic heterocycles. The van der Waals surface area contributed by atoms with Crippen LogP contribution in [-0.2, 0) is 11.2 Å². The molecule has 5 rings (SSSR count). The number of fused-ring (bicyclic) bond motifs is 1. The van der Waals surface area contributed by atoms with E-state index in [1.165, 1.54) is 34.7 Å². The summed E-state index contributed by atoms with van der Waals surface area (Å²) in [4.78, 5) is 31.8. The van der Waals surface area contributed by atoms with Gasteiger partial charge in [0.1, 0.15) is 24.7 Å². The normalized spacial score (nSPS) is 17.0. The first-order valence-corrected chi connectivity index (χ1v) is 13.9. The molecule has 5 nitrogen and oxygen atoms in total. The van der Waals surface area contributed by atoms with Gasteiger partial charge in [-0.3, -0.25) is 9.59 Å². The maximum Gasteiger partial charge on any atom is 0.254 e. The van der Waals surface area contributed by atoms with Gasteiger partial charge in [0.2, 0.25) is 5.91 Å². The van der Waals surface area contributed by atoms with Crippen LogP contribution in [0.2, 0.25) is 0 Å². The monoisotopic (exact) mass is 520 g/mol. The molecule has 1 aliphatic carbocycles. The molecular formula is C30H33FN2O3S. The van der Waals surface area contributed by atoms with E-state index in [0.717, 1.165) is 30.6 Å². The van der Waals surface area contributed by atoms with E-state index in [1.807, 2.05) is 17.0 Å². The number of ether oxygens (including phenoxy) is 1. The minimum absolute atomic E-state index is 0.00572. The topological polar surface area (TPSA) is 49.9 Å². The standard InChI is InChI=1S/C30H33FN2O3S/c1-20(2)22-7-11-25(12-8-22)36-19-27-26-14-16-37-28(26)13-15-33(27)29(34)18-32(17-21-3-4-21)30(35)23-5-9-24(31)10-6-23/h5-12,14,16,20-21,27H,3-4,13,15,17-19H2,1-2H3. The molecule has 2 heterocycles. The molecule has 1 atom stereocenters. The predicted octanol–water partition coefficient (Wildman–Crippen LogP) is 6.07. The van der Waals surface area contributed by atoms with Crippen LogP contribution in [-0.4, -0.2) is 47.9 Å². The molecule has 7 heteroatoms. The van der Waals surface area contributed by atoms with Crippen LogP contribution in [0.15, 0.2) is 60.0 Å². The Kier molecular flexibility index (Phi) is 7.60. The van der Waals surface area contributed by atoms with Crippen LogP contribution in [0, 0.1) is 11.7 Å². The number of nitrogens with zero attached hydrogens (tertiary/aromatic N) is 2. The average Bonchev–Trinajstić information content (AvgIpc) is 3.59. The Morgan fingerprint density at radius 1 is 1.08 bits per heavy atom. The molecule has 0 radical (unpaired) electrons. The van der Waals surface area contributed by atoms with Crippen molar-refractivity contribution in [3.63, 3.8) is 0 Å². The van der Waals surface area contributed by atoms with E-state index in [4.69, 9.17) is 4.74 Å². The van der Waals surface area contributed by atoms with Crippen LogP contribution in [0.1, 0.15) is 65.0 Å². The van der Waals surface area contributed by atoms with E-state index in [-0.39, 0.29) is 30.2 Å². The summed E-state index contributed by atoms with van der Waals surface area (Å²) in [5, 5.41) is 2.07. The molecule has 2 aromatic carbocycles. The van der Waals surface area contributed by atoms with Gasteiger partial charge in [-0.1, -0.05) is 26.0 Å². The molecule has 1 saturated carbocycles. The Morgan fingerprint density at radius 3 is 2.49 bits per heavy atom. The quantitative estimate of drug-likeness (QED) is 0.344. The maximum absolute atomic E-state index is 13.7. The first kappa shape index (κ1) is 25.5. The molecule has 0 bridgehead atoms. The van der Waals surface area contributed by atoms with Crippen LogP contribution >= 0.6 is 11.3 Å². The summed E-state index contributed by atoms with van der Waals surface area (Å²) < 4.78 is 19.6.